The van der Waals surface area contributed by atoms with E-state index in [0.717, 1.165) is 78.1 Å². The van der Waals surface area contributed by atoms with E-state index in [1.807, 2.05) is 33.3 Å². The number of aromatic nitrogens is 4. The molecule has 0 spiro atoms. The second-order valence-electron chi connectivity index (χ2n) is 9.40. The summed E-state index contributed by atoms with van der Waals surface area (Å²) in [6.07, 6.45) is 7.75. The van der Waals surface area contributed by atoms with Gasteiger partial charge in [0.15, 0.2) is 0 Å². The van der Waals surface area contributed by atoms with E-state index >= 15 is 0 Å². The Bertz CT molecular complexity index is 1580. The SMILES string of the molecule is C=C[I-]OCCNCc1ccc2c(-c3cnn4cc(-c5ccc(N6CCNCC6)cc5)cnc34)ccnc2c1. The van der Waals surface area contributed by atoms with Gasteiger partial charge in [-0.15, -0.1) is 0 Å². The summed E-state index contributed by atoms with van der Waals surface area (Å²) in [5, 5.41) is 12.6. The Morgan fingerprint density at radius 3 is 2.72 bits per heavy atom. The number of halogens is 1. The van der Waals surface area contributed by atoms with Crippen molar-refractivity contribution in [3.8, 4) is 22.3 Å². The monoisotopic (exact) mass is 632 g/mol. The fraction of sp³-hybridized carbons (Fsp3) is 0.233. The molecule has 5 aromatic rings. The molecule has 2 aromatic carbocycles. The average Bonchev–Trinajstić information content (AvgIpc) is 3.42. The number of hydrogen-bond acceptors (Lipinski definition) is 7. The van der Waals surface area contributed by atoms with Crippen LogP contribution >= 0.6 is 0 Å². The molecule has 0 radical (unpaired) electrons. The molecule has 3 aromatic heterocycles. The van der Waals surface area contributed by atoms with Crippen molar-refractivity contribution < 1.29 is 24.7 Å². The molecule has 200 valence electrons. The van der Waals surface area contributed by atoms with Gasteiger partial charge in [0, 0.05) is 49.8 Å². The molecule has 1 aliphatic heterocycles. The Morgan fingerprint density at radius 1 is 1.00 bits per heavy atom. The summed E-state index contributed by atoms with van der Waals surface area (Å²) in [7, 11) is 0. The number of pyridine rings is 1. The molecule has 0 unspecified atom stereocenters. The van der Waals surface area contributed by atoms with Crippen molar-refractivity contribution in [2.45, 2.75) is 6.54 Å². The Hall–Kier alpha value is -3.38. The van der Waals surface area contributed by atoms with Crippen molar-refractivity contribution >= 4 is 22.2 Å². The van der Waals surface area contributed by atoms with Gasteiger partial charge >= 0.3 is 135 Å². The van der Waals surface area contributed by atoms with E-state index in [9.17, 15) is 0 Å². The number of nitrogens with one attached hydrogen (secondary N) is 2. The summed E-state index contributed by atoms with van der Waals surface area (Å²) in [5.41, 5.74) is 8.49. The van der Waals surface area contributed by atoms with Crippen LogP contribution in [-0.4, -0.2) is 58.9 Å². The molecule has 6 rings (SSSR count). The predicted molar refractivity (Wildman–Crippen MR) is 152 cm³/mol. The van der Waals surface area contributed by atoms with E-state index in [1.165, 1.54) is 11.3 Å². The molecule has 0 aliphatic carbocycles. The van der Waals surface area contributed by atoms with Crippen molar-refractivity contribution in [3.63, 3.8) is 0 Å². The summed E-state index contributed by atoms with van der Waals surface area (Å²) >= 11 is -0.324. The first-order valence-corrected chi connectivity index (χ1v) is 15.3. The molecular formula is C30H31IN7O-. The fourth-order valence-corrected chi connectivity index (χ4v) is 5.70. The van der Waals surface area contributed by atoms with Crippen LogP contribution in [0.15, 0.2) is 84.0 Å². The number of anilines is 1. The molecule has 0 bridgehead atoms. The molecule has 0 amide bonds. The van der Waals surface area contributed by atoms with E-state index in [2.05, 4.69) is 80.9 Å². The topological polar surface area (TPSA) is 79.6 Å². The number of fused-ring (bicyclic) bond motifs is 2. The number of piperazine rings is 1. The number of hydrogen-bond donors (Lipinski definition) is 2. The van der Waals surface area contributed by atoms with Gasteiger partial charge in [-0.05, 0) is 17.7 Å². The van der Waals surface area contributed by atoms with E-state index < -0.39 is 0 Å². The number of nitrogens with zero attached hydrogens (tertiary/aromatic N) is 5. The van der Waals surface area contributed by atoms with Crippen LogP contribution < -0.4 is 37.2 Å². The van der Waals surface area contributed by atoms with Crippen LogP contribution in [0, 0.1) is 0 Å². The van der Waals surface area contributed by atoms with Gasteiger partial charge in [-0.2, -0.15) is 5.10 Å². The van der Waals surface area contributed by atoms with E-state index in [-0.39, 0.29) is 21.6 Å². The quantitative estimate of drug-likeness (QED) is 0.178. The van der Waals surface area contributed by atoms with Crippen molar-refractivity contribution in [2.24, 2.45) is 0 Å². The molecule has 1 aliphatic rings. The predicted octanol–water partition coefficient (Wildman–Crippen LogP) is 1.27. The maximum absolute atomic E-state index is 5.54. The zero-order valence-electron chi connectivity index (χ0n) is 21.7. The Morgan fingerprint density at radius 2 is 1.87 bits per heavy atom. The molecule has 0 saturated carbocycles. The van der Waals surface area contributed by atoms with Gasteiger partial charge in [-0.3, -0.25) is 0 Å². The van der Waals surface area contributed by atoms with Gasteiger partial charge in [0.05, 0.1) is 0 Å². The summed E-state index contributed by atoms with van der Waals surface area (Å²) < 4.78 is 9.29. The van der Waals surface area contributed by atoms with Crippen LogP contribution in [0.4, 0.5) is 5.69 Å². The average molecular weight is 633 g/mol. The van der Waals surface area contributed by atoms with Crippen LogP contribution in [-0.2, 0) is 9.61 Å². The molecule has 4 heterocycles. The van der Waals surface area contributed by atoms with Crippen LogP contribution in [0.25, 0.3) is 38.8 Å². The molecule has 1 saturated heterocycles. The summed E-state index contributed by atoms with van der Waals surface area (Å²) in [6, 6.07) is 17.2. The first kappa shape index (κ1) is 25.9. The fourth-order valence-electron chi connectivity index (χ4n) is 4.97. The molecule has 9 heteroatoms. The van der Waals surface area contributed by atoms with Crippen molar-refractivity contribution in [1.29, 1.82) is 0 Å². The molecular weight excluding hydrogens is 601 g/mol. The number of rotatable bonds is 10. The molecule has 2 N–H and O–H groups in total. The van der Waals surface area contributed by atoms with Crippen LogP contribution in [0.2, 0.25) is 0 Å². The van der Waals surface area contributed by atoms with Crippen LogP contribution in [0.1, 0.15) is 5.56 Å². The van der Waals surface area contributed by atoms with Crippen molar-refractivity contribution in [2.75, 3.05) is 44.2 Å². The standard InChI is InChI=1S/C30H31IN7O/c1-2-31-39-16-13-33-18-22-3-8-27-26(9-10-34-29(27)17-22)28-20-36-38-21-24(19-35-30(28)38)23-4-6-25(7-5-23)37-14-11-32-12-15-37/h2-10,17,19-21,32-33H,1,11-16,18H2/q-1. The van der Waals surface area contributed by atoms with Crippen LogP contribution in [0.3, 0.4) is 0 Å². The van der Waals surface area contributed by atoms with Crippen LogP contribution in [0.5, 0.6) is 0 Å². The Kier molecular flexibility index (Phi) is 8.10. The zero-order chi connectivity index (χ0) is 26.4. The first-order chi connectivity index (χ1) is 19.3. The number of benzene rings is 2. The molecule has 1 fully saturated rings. The second-order valence-corrected chi connectivity index (χ2v) is 11.4. The van der Waals surface area contributed by atoms with E-state index in [1.54, 1.807) is 0 Å². The normalized spacial score (nSPS) is 13.9. The van der Waals surface area contributed by atoms with Crippen molar-refractivity contribution in [1.82, 2.24) is 30.2 Å². The van der Waals surface area contributed by atoms with Gasteiger partial charge in [0.25, 0.3) is 0 Å². The van der Waals surface area contributed by atoms with Gasteiger partial charge in [0.2, 0.25) is 0 Å². The zero-order valence-corrected chi connectivity index (χ0v) is 23.8. The summed E-state index contributed by atoms with van der Waals surface area (Å²) in [4.78, 5) is 11.9. The minimum absolute atomic E-state index is 0.324. The van der Waals surface area contributed by atoms with E-state index in [0.29, 0.717) is 6.61 Å². The molecule has 0 atom stereocenters. The van der Waals surface area contributed by atoms with E-state index in [4.69, 9.17) is 8.05 Å². The van der Waals surface area contributed by atoms with Gasteiger partial charge in [-0.1, -0.05) is 12.1 Å². The minimum atomic E-state index is -0.324. The van der Waals surface area contributed by atoms with Crippen molar-refractivity contribution in [3.05, 3.63) is 89.5 Å². The van der Waals surface area contributed by atoms with Gasteiger partial charge in [-0.25, -0.2) is 9.50 Å². The Labute approximate surface area is 238 Å². The molecule has 39 heavy (non-hydrogen) atoms. The second kappa shape index (κ2) is 12.2. The third kappa shape index (κ3) is 5.81. The maximum atomic E-state index is 5.54. The summed E-state index contributed by atoms with van der Waals surface area (Å²) in [5.74, 6) is 0. The van der Waals surface area contributed by atoms with Gasteiger partial charge in [0.1, 0.15) is 0 Å². The third-order valence-electron chi connectivity index (χ3n) is 6.95. The Balaban J connectivity index is 1.21. The third-order valence-corrected chi connectivity index (χ3v) is 8.11. The first-order valence-electron chi connectivity index (χ1n) is 13.1. The summed E-state index contributed by atoms with van der Waals surface area (Å²) in [6.45, 7) is 10.1. The molecule has 8 nitrogen and oxygen atoms in total. The van der Waals surface area contributed by atoms with Gasteiger partial charge < -0.3 is 10.2 Å².